The molecule has 1 aliphatic rings. The summed E-state index contributed by atoms with van der Waals surface area (Å²) in [5.74, 6) is -3.45. The van der Waals surface area contributed by atoms with Gasteiger partial charge in [0.05, 0.1) is 0 Å². The molecular weight excluding hydrogens is 194 g/mol. The molecule has 0 aromatic heterocycles. The van der Waals surface area contributed by atoms with Gasteiger partial charge in [0.1, 0.15) is 0 Å². The van der Waals surface area contributed by atoms with E-state index < -0.39 is 17.4 Å². The minimum Gasteiger partial charge on any atom is -0.483 e. The molecule has 0 saturated heterocycles. The van der Waals surface area contributed by atoms with Crippen molar-refractivity contribution in [3.8, 4) is 11.5 Å². The van der Waals surface area contributed by atoms with Gasteiger partial charge in [-0.05, 0) is 0 Å². The van der Waals surface area contributed by atoms with E-state index in [-0.39, 0.29) is 18.1 Å². The summed E-state index contributed by atoms with van der Waals surface area (Å²) in [7, 11) is 0. The molecule has 1 aromatic carbocycles. The van der Waals surface area contributed by atoms with Gasteiger partial charge in [-0.25, -0.2) is 8.78 Å². The Labute approximate surface area is 78.9 Å². The van der Waals surface area contributed by atoms with E-state index in [1.165, 1.54) is 6.92 Å². The van der Waals surface area contributed by atoms with Gasteiger partial charge in [-0.1, -0.05) is 0 Å². The van der Waals surface area contributed by atoms with Crippen molar-refractivity contribution in [2.24, 2.45) is 0 Å². The molecule has 0 bridgehead atoms. The molecule has 0 amide bonds. The first kappa shape index (κ1) is 9.21. The molecule has 0 spiro atoms. The monoisotopic (exact) mass is 202 g/mol. The van der Waals surface area contributed by atoms with Gasteiger partial charge in [-0.2, -0.15) is 0 Å². The molecule has 0 fully saturated rings. The van der Waals surface area contributed by atoms with Crippen LogP contribution in [-0.4, -0.2) is 17.5 Å². The van der Waals surface area contributed by atoms with Gasteiger partial charge < -0.3 is 14.6 Å². The lowest BCUT2D eigenvalue weighted by Gasteiger charge is -2.30. The number of rotatable bonds is 0. The third-order valence-corrected chi connectivity index (χ3v) is 1.81. The first-order valence-electron chi connectivity index (χ1n) is 4.01. The number of halogens is 2. The van der Waals surface area contributed by atoms with E-state index in [0.717, 1.165) is 12.1 Å². The van der Waals surface area contributed by atoms with E-state index >= 15 is 0 Å². The highest BCUT2D eigenvalue weighted by Gasteiger charge is 2.31. The molecule has 0 saturated carbocycles. The molecule has 1 aromatic rings. The summed E-state index contributed by atoms with van der Waals surface area (Å²) in [6, 6.07) is 1.73. The third kappa shape index (κ3) is 1.50. The minimum atomic E-state index is -1.50. The molecule has 1 heterocycles. The Morgan fingerprint density at radius 1 is 1.29 bits per heavy atom. The van der Waals surface area contributed by atoms with Crippen LogP contribution in [0.3, 0.4) is 0 Å². The van der Waals surface area contributed by atoms with E-state index in [9.17, 15) is 13.9 Å². The predicted molar refractivity (Wildman–Crippen MR) is 43.1 cm³/mol. The summed E-state index contributed by atoms with van der Waals surface area (Å²) < 4.78 is 35.5. The van der Waals surface area contributed by atoms with Gasteiger partial charge in [0.25, 0.3) is 0 Å². The number of hydrogen-bond acceptors (Lipinski definition) is 3. The SMILES string of the molecule is C[C@@]1(O)COc2cc(F)c(F)cc2O1. The smallest absolute Gasteiger partial charge is 0.239 e. The maximum Gasteiger partial charge on any atom is 0.239 e. The van der Waals surface area contributed by atoms with E-state index in [1.807, 2.05) is 0 Å². The molecule has 0 radical (unpaired) electrons. The molecule has 0 unspecified atom stereocenters. The summed E-state index contributed by atoms with van der Waals surface area (Å²) in [5.41, 5.74) is 0. The molecule has 14 heavy (non-hydrogen) atoms. The highest BCUT2D eigenvalue weighted by molar-refractivity contribution is 5.42. The fourth-order valence-electron chi connectivity index (χ4n) is 1.18. The largest absolute Gasteiger partial charge is 0.483 e. The second-order valence-corrected chi connectivity index (χ2v) is 3.28. The van der Waals surface area contributed by atoms with E-state index in [1.54, 1.807) is 0 Å². The quantitative estimate of drug-likeness (QED) is 0.691. The average Bonchev–Trinajstić information content (AvgIpc) is 2.07. The van der Waals surface area contributed by atoms with Crippen LogP contribution in [0.1, 0.15) is 6.92 Å². The van der Waals surface area contributed by atoms with Crippen molar-refractivity contribution in [2.45, 2.75) is 12.7 Å². The van der Waals surface area contributed by atoms with Crippen molar-refractivity contribution >= 4 is 0 Å². The zero-order valence-electron chi connectivity index (χ0n) is 7.38. The van der Waals surface area contributed by atoms with Crippen LogP contribution in [-0.2, 0) is 0 Å². The minimum absolute atomic E-state index is 0.000139. The molecule has 0 aliphatic carbocycles. The average molecular weight is 202 g/mol. The Morgan fingerprint density at radius 2 is 1.86 bits per heavy atom. The normalized spacial score (nSPS) is 24.9. The van der Waals surface area contributed by atoms with Gasteiger partial charge in [0.2, 0.25) is 5.79 Å². The maximum absolute atomic E-state index is 12.8. The highest BCUT2D eigenvalue weighted by atomic mass is 19.2. The predicted octanol–water partition coefficient (Wildman–Crippen LogP) is 1.44. The van der Waals surface area contributed by atoms with Crippen molar-refractivity contribution in [3.63, 3.8) is 0 Å². The van der Waals surface area contributed by atoms with Crippen LogP contribution in [0.25, 0.3) is 0 Å². The van der Waals surface area contributed by atoms with Crippen molar-refractivity contribution in [1.29, 1.82) is 0 Å². The Morgan fingerprint density at radius 3 is 2.50 bits per heavy atom. The first-order chi connectivity index (χ1) is 6.48. The fourth-order valence-corrected chi connectivity index (χ4v) is 1.18. The highest BCUT2D eigenvalue weighted by Crippen LogP contribution is 2.35. The lowest BCUT2D eigenvalue weighted by atomic mass is 10.2. The van der Waals surface area contributed by atoms with E-state index in [0.29, 0.717) is 0 Å². The van der Waals surface area contributed by atoms with Crippen LogP contribution in [0, 0.1) is 11.6 Å². The van der Waals surface area contributed by atoms with Crippen LogP contribution in [0.2, 0.25) is 0 Å². The molecule has 3 nitrogen and oxygen atoms in total. The van der Waals surface area contributed by atoms with E-state index in [2.05, 4.69) is 0 Å². The number of hydrogen-bond donors (Lipinski definition) is 1. The third-order valence-electron chi connectivity index (χ3n) is 1.81. The Balaban J connectivity index is 2.43. The number of fused-ring (bicyclic) bond motifs is 1. The maximum atomic E-state index is 12.8. The van der Waals surface area contributed by atoms with Crippen LogP contribution < -0.4 is 9.47 Å². The van der Waals surface area contributed by atoms with Crippen molar-refractivity contribution in [3.05, 3.63) is 23.8 Å². The number of benzene rings is 1. The summed E-state index contributed by atoms with van der Waals surface area (Å²) in [6.45, 7) is 1.25. The van der Waals surface area contributed by atoms with Crippen molar-refractivity contribution in [2.75, 3.05) is 6.61 Å². The van der Waals surface area contributed by atoms with Gasteiger partial charge in [-0.15, -0.1) is 0 Å². The van der Waals surface area contributed by atoms with Gasteiger partial charge in [0, 0.05) is 19.1 Å². The van der Waals surface area contributed by atoms with Gasteiger partial charge >= 0.3 is 0 Å². The molecule has 1 atom stereocenters. The summed E-state index contributed by atoms with van der Waals surface area (Å²) in [5, 5.41) is 9.42. The van der Waals surface area contributed by atoms with Gasteiger partial charge in [0.15, 0.2) is 29.7 Å². The summed E-state index contributed by atoms with van der Waals surface area (Å²) in [6.07, 6.45) is 0. The Hall–Kier alpha value is -1.36. The molecular formula is C9H8F2O3. The molecule has 2 rings (SSSR count). The van der Waals surface area contributed by atoms with Gasteiger partial charge in [-0.3, -0.25) is 0 Å². The molecule has 5 heteroatoms. The zero-order chi connectivity index (χ0) is 10.3. The second-order valence-electron chi connectivity index (χ2n) is 3.28. The molecule has 1 N–H and O–H groups in total. The second kappa shape index (κ2) is 2.81. The lowest BCUT2D eigenvalue weighted by Crippen LogP contribution is -2.41. The standard InChI is InChI=1S/C9H8F2O3/c1-9(12)4-13-7-2-5(10)6(11)3-8(7)14-9/h2-3,12H,4H2,1H3/t9-/m0/s1. The number of aliphatic hydroxyl groups is 1. The number of ether oxygens (including phenoxy) is 2. The topological polar surface area (TPSA) is 38.7 Å². The van der Waals surface area contributed by atoms with Crippen molar-refractivity contribution in [1.82, 2.24) is 0 Å². The van der Waals surface area contributed by atoms with Crippen molar-refractivity contribution < 1.29 is 23.4 Å². The van der Waals surface area contributed by atoms with Crippen LogP contribution in [0.15, 0.2) is 12.1 Å². The Bertz CT molecular complexity index is 377. The summed E-state index contributed by atoms with van der Waals surface area (Å²) >= 11 is 0. The van der Waals surface area contributed by atoms with Crippen LogP contribution in [0.5, 0.6) is 11.5 Å². The van der Waals surface area contributed by atoms with E-state index in [4.69, 9.17) is 9.47 Å². The van der Waals surface area contributed by atoms with Crippen LogP contribution in [0.4, 0.5) is 8.78 Å². The zero-order valence-corrected chi connectivity index (χ0v) is 7.38. The van der Waals surface area contributed by atoms with Crippen LogP contribution >= 0.6 is 0 Å². The fraction of sp³-hybridized carbons (Fsp3) is 0.333. The summed E-state index contributed by atoms with van der Waals surface area (Å²) in [4.78, 5) is 0. The first-order valence-corrected chi connectivity index (χ1v) is 4.01. The molecule has 1 aliphatic heterocycles. The molecule has 76 valence electrons. The lowest BCUT2D eigenvalue weighted by molar-refractivity contribution is -0.160. The Kier molecular flexibility index (Phi) is 1.85.